The van der Waals surface area contributed by atoms with Crippen molar-refractivity contribution < 1.29 is 59.0 Å². The van der Waals surface area contributed by atoms with E-state index in [0.29, 0.717) is 11.5 Å². The van der Waals surface area contributed by atoms with Gasteiger partial charge in [0, 0.05) is 4.75 Å². The predicted octanol–water partition coefficient (Wildman–Crippen LogP) is -1.17. The normalized spacial score (nSPS) is 23.1. The molecule has 2 fully saturated rings. The summed E-state index contributed by atoms with van der Waals surface area (Å²) in [6.07, 6.45) is -4.53. The summed E-state index contributed by atoms with van der Waals surface area (Å²) in [7, 11) is 2.88. The maximum atomic E-state index is 12.8. The molecule has 0 aliphatic carbocycles. The van der Waals surface area contributed by atoms with Crippen LogP contribution in [-0.2, 0) is 19.2 Å². The Kier molecular flexibility index (Phi) is 8.77. The third kappa shape index (κ3) is 5.47. The zero-order valence-corrected chi connectivity index (χ0v) is 20.4. The van der Waals surface area contributed by atoms with Crippen LogP contribution in [0.3, 0.4) is 0 Å². The molecule has 0 radical (unpaired) electrons. The average Bonchev–Trinajstić information content (AvgIpc) is 3.08. The molecule has 1 aromatic carbocycles. The van der Waals surface area contributed by atoms with Gasteiger partial charge in [0.2, 0.25) is 5.91 Å². The number of ether oxygens (including phenoxy) is 2. The van der Waals surface area contributed by atoms with Gasteiger partial charge in [-0.15, -0.1) is 11.8 Å². The molecule has 0 saturated carbocycles. The van der Waals surface area contributed by atoms with Crippen molar-refractivity contribution in [2.45, 2.75) is 48.3 Å². The molecule has 2 heterocycles. The zero-order valence-electron chi connectivity index (χ0n) is 19.6. The molecule has 3 rings (SSSR count). The number of β-lactam (4-membered cyclic amide) rings is 1. The lowest BCUT2D eigenvalue weighted by Crippen LogP contribution is -2.70. The van der Waals surface area contributed by atoms with E-state index in [4.69, 9.17) is 29.9 Å². The fraction of sp³-hybridized carbons (Fsp3) is 0.476. The number of aliphatic hydroxyl groups excluding tert-OH is 2. The van der Waals surface area contributed by atoms with E-state index in [-0.39, 0.29) is 5.56 Å². The SMILES string of the molecule is COc1cccc(OC)c1C(=O)N[C@@H]1C(=O)N2[C@@H]1SC(C)(C)[C@@H]2C(=O)O.O=C(O)C(O)C(O)C(=O)O. The summed E-state index contributed by atoms with van der Waals surface area (Å²) in [5.41, 5.74) is 0.195. The number of carbonyl (C=O) groups excluding carboxylic acids is 2. The predicted molar refractivity (Wildman–Crippen MR) is 122 cm³/mol. The summed E-state index contributed by atoms with van der Waals surface area (Å²) in [4.78, 5) is 57.7. The summed E-state index contributed by atoms with van der Waals surface area (Å²) in [5.74, 6) is -4.84. The van der Waals surface area contributed by atoms with E-state index in [9.17, 15) is 29.1 Å². The Labute approximate surface area is 208 Å². The number of carboxylic acid groups (broad SMARTS) is 3. The number of aliphatic carboxylic acids is 3. The molecule has 2 unspecified atom stereocenters. The van der Waals surface area contributed by atoms with Crippen LogP contribution in [-0.4, -0.2) is 109 Å². The van der Waals surface area contributed by atoms with E-state index in [1.54, 1.807) is 32.0 Å². The molecule has 2 aliphatic rings. The minimum Gasteiger partial charge on any atom is -0.496 e. The molecular weight excluding hydrogens is 504 g/mol. The molecule has 36 heavy (non-hydrogen) atoms. The number of methoxy groups -OCH3 is 2. The van der Waals surface area contributed by atoms with Gasteiger partial charge in [-0.2, -0.15) is 0 Å². The topological polar surface area (TPSA) is 220 Å². The fourth-order valence-electron chi connectivity index (χ4n) is 3.70. The van der Waals surface area contributed by atoms with Gasteiger partial charge in [0.05, 0.1) is 14.2 Å². The van der Waals surface area contributed by atoms with Gasteiger partial charge in [0.1, 0.15) is 34.5 Å². The van der Waals surface area contributed by atoms with Crippen LogP contribution < -0.4 is 14.8 Å². The minimum absolute atomic E-state index is 0.195. The van der Waals surface area contributed by atoms with Crippen molar-refractivity contribution in [3.05, 3.63) is 23.8 Å². The summed E-state index contributed by atoms with van der Waals surface area (Å²) >= 11 is 1.37. The van der Waals surface area contributed by atoms with Gasteiger partial charge in [0.25, 0.3) is 5.91 Å². The Hall–Kier alpha value is -3.56. The number of rotatable bonds is 8. The van der Waals surface area contributed by atoms with Crippen LogP contribution in [0.5, 0.6) is 11.5 Å². The second-order valence-electron chi connectivity index (χ2n) is 8.15. The Balaban J connectivity index is 0.000000388. The lowest BCUT2D eigenvalue weighted by Gasteiger charge is -2.43. The van der Waals surface area contributed by atoms with Crippen molar-refractivity contribution in [2.75, 3.05) is 14.2 Å². The highest BCUT2D eigenvalue weighted by atomic mass is 32.2. The van der Waals surface area contributed by atoms with Crippen LogP contribution in [0.15, 0.2) is 18.2 Å². The molecule has 0 aromatic heterocycles. The summed E-state index contributed by atoms with van der Waals surface area (Å²) < 4.78 is 9.79. The van der Waals surface area contributed by atoms with Gasteiger partial charge in [-0.25, -0.2) is 14.4 Å². The zero-order chi connectivity index (χ0) is 27.5. The number of nitrogens with zero attached hydrogens (tertiary/aromatic N) is 1. The smallest absolute Gasteiger partial charge is 0.335 e. The van der Waals surface area contributed by atoms with Crippen molar-refractivity contribution in [1.82, 2.24) is 10.2 Å². The average molecular weight is 531 g/mol. The van der Waals surface area contributed by atoms with Crippen molar-refractivity contribution >= 4 is 41.5 Å². The van der Waals surface area contributed by atoms with Crippen LogP contribution in [0.2, 0.25) is 0 Å². The molecule has 6 N–H and O–H groups in total. The first kappa shape index (κ1) is 28.7. The highest BCUT2D eigenvalue weighted by Crippen LogP contribution is 2.50. The Morgan fingerprint density at radius 2 is 1.47 bits per heavy atom. The van der Waals surface area contributed by atoms with Gasteiger partial charge in [0.15, 0.2) is 12.2 Å². The molecule has 0 spiro atoms. The highest BCUT2D eigenvalue weighted by molar-refractivity contribution is 8.01. The Morgan fingerprint density at radius 3 is 1.86 bits per heavy atom. The van der Waals surface area contributed by atoms with Crippen LogP contribution in [0.1, 0.15) is 24.2 Å². The second-order valence-corrected chi connectivity index (χ2v) is 9.92. The number of benzene rings is 1. The van der Waals surface area contributed by atoms with E-state index in [1.165, 1.54) is 30.9 Å². The Morgan fingerprint density at radius 1 is 1.00 bits per heavy atom. The van der Waals surface area contributed by atoms with Gasteiger partial charge in [-0.3, -0.25) is 9.59 Å². The second kappa shape index (κ2) is 11.0. The van der Waals surface area contributed by atoms with E-state index < -0.39 is 64.1 Å². The first-order valence-electron chi connectivity index (χ1n) is 10.3. The first-order valence-corrected chi connectivity index (χ1v) is 11.1. The Bertz CT molecular complexity index is 1020. The lowest BCUT2D eigenvalue weighted by molar-refractivity contribution is -0.165. The number of carboxylic acids is 3. The van der Waals surface area contributed by atoms with Crippen LogP contribution in [0.25, 0.3) is 0 Å². The molecule has 2 amide bonds. The highest BCUT2D eigenvalue weighted by Gasteiger charge is 2.64. The summed E-state index contributed by atoms with van der Waals surface area (Å²) in [5, 5.41) is 44.3. The largest absolute Gasteiger partial charge is 0.496 e. The number of hydrogen-bond donors (Lipinski definition) is 6. The molecule has 14 nitrogen and oxygen atoms in total. The third-order valence-electron chi connectivity index (χ3n) is 5.42. The van der Waals surface area contributed by atoms with Gasteiger partial charge in [-0.05, 0) is 26.0 Å². The molecule has 1 aromatic rings. The monoisotopic (exact) mass is 530 g/mol. The van der Waals surface area contributed by atoms with Crippen molar-refractivity contribution in [3.8, 4) is 11.5 Å². The molecule has 15 heteroatoms. The summed E-state index contributed by atoms with van der Waals surface area (Å²) in [6, 6.07) is 3.24. The number of thioether (sulfide) groups is 1. The first-order chi connectivity index (χ1) is 16.7. The third-order valence-corrected chi connectivity index (χ3v) is 6.99. The van der Waals surface area contributed by atoms with E-state index in [2.05, 4.69) is 5.32 Å². The molecule has 5 atom stereocenters. The van der Waals surface area contributed by atoms with Gasteiger partial charge in [-0.1, -0.05) is 6.07 Å². The number of nitrogens with one attached hydrogen (secondary N) is 1. The summed E-state index contributed by atoms with van der Waals surface area (Å²) in [6.45, 7) is 3.56. The number of hydrogen-bond acceptors (Lipinski definition) is 10. The molecular formula is C21H26N2O12S. The van der Waals surface area contributed by atoms with E-state index in [0.717, 1.165) is 0 Å². The maximum Gasteiger partial charge on any atom is 0.335 e. The molecule has 198 valence electrons. The van der Waals surface area contributed by atoms with Crippen molar-refractivity contribution in [3.63, 3.8) is 0 Å². The molecule has 2 saturated heterocycles. The standard InChI is InChI=1S/C17H20N2O6S.C4H6O6/c1-17(2)12(16(22)23)19-14(21)11(15(19)26-17)18-13(20)10-8(24-3)6-5-7-9(10)25-4;5-1(3(7)8)2(6)4(9)10/h5-7,11-12,15H,1-4H3,(H,18,20)(H,22,23);1-2,5-6H,(H,7,8)(H,9,10)/t11-,12+,15-;/m1./s1. The molecule has 2 aliphatic heterocycles. The number of carbonyl (C=O) groups is 5. The van der Waals surface area contributed by atoms with E-state index >= 15 is 0 Å². The van der Waals surface area contributed by atoms with Crippen molar-refractivity contribution in [2.24, 2.45) is 0 Å². The van der Waals surface area contributed by atoms with Crippen LogP contribution in [0, 0.1) is 0 Å². The number of fused-ring (bicyclic) bond motifs is 1. The minimum atomic E-state index is -2.27. The van der Waals surface area contributed by atoms with Gasteiger partial charge >= 0.3 is 17.9 Å². The lowest BCUT2D eigenvalue weighted by atomic mass is 9.96. The van der Waals surface area contributed by atoms with Gasteiger partial charge < -0.3 is 45.2 Å². The van der Waals surface area contributed by atoms with E-state index in [1.807, 2.05) is 0 Å². The number of aliphatic hydroxyl groups is 2. The molecule has 0 bridgehead atoms. The maximum absolute atomic E-state index is 12.8. The number of amides is 2. The van der Waals surface area contributed by atoms with Crippen molar-refractivity contribution in [1.29, 1.82) is 0 Å². The van der Waals surface area contributed by atoms with Crippen LogP contribution >= 0.6 is 11.8 Å². The van der Waals surface area contributed by atoms with Crippen LogP contribution in [0.4, 0.5) is 0 Å². The quantitative estimate of drug-likeness (QED) is 0.218. The fourth-order valence-corrected chi connectivity index (χ4v) is 5.33.